The van der Waals surface area contributed by atoms with E-state index in [0.29, 0.717) is 18.9 Å². The number of anilines is 1. The molecule has 2 aromatic heterocycles. The van der Waals surface area contributed by atoms with Crippen LogP contribution in [0, 0.1) is 6.92 Å². The average Bonchev–Trinajstić information content (AvgIpc) is 3.48. The number of aryl methyl sites for hydroxylation is 1. The van der Waals surface area contributed by atoms with Gasteiger partial charge in [0.1, 0.15) is 6.54 Å². The number of hydrogen-bond acceptors (Lipinski definition) is 7. The number of hydrogen-bond donors (Lipinski definition) is 0. The SMILES string of the molecule is Cc1cccc(N(C)C(=O)CN2CCn3nnc(-c4nc(-c5ccccc5)no4)c3C2=O)c1. The van der Waals surface area contributed by atoms with E-state index in [4.69, 9.17) is 4.52 Å². The second kappa shape index (κ2) is 8.30. The molecule has 10 nitrogen and oxygen atoms in total. The molecule has 0 saturated carbocycles. The van der Waals surface area contributed by atoms with Gasteiger partial charge in [0.25, 0.3) is 11.8 Å². The standard InChI is InChI=1S/C23H21N7O3/c1-15-7-6-10-17(13-15)28(2)18(31)14-29-11-12-30-20(23(29)32)19(25-27-30)22-24-21(26-33-22)16-8-4-3-5-9-16/h3-10,13H,11-12,14H2,1-2H3. The maximum atomic E-state index is 13.3. The van der Waals surface area contributed by atoms with Gasteiger partial charge >= 0.3 is 0 Å². The fraction of sp³-hybridized carbons (Fsp3) is 0.217. The zero-order valence-corrected chi connectivity index (χ0v) is 18.2. The van der Waals surface area contributed by atoms with E-state index in [1.165, 1.54) is 9.58 Å². The van der Waals surface area contributed by atoms with E-state index in [0.717, 1.165) is 16.8 Å². The van der Waals surface area contributed by atoms with E-state index < -0.39 is 0 Å². The molecule has 3 heterocycles. The van der Waals surface area contributed by atoms with Crippen molar-refractivity contribution in [3.63, 3.8) is 0 Å². The summed E-state index contributed by atoms with van der Waals surface area (Å²) in [6.45, 7) is 2.66. The summed E-state index contributed by atoms with van der Waals surface area (Å²) in [5.74, 6) is -0.0526. The van der Waals surface area contributed by atoms with Gasteiger partial charge in [-0.2, -0.15) is 4.98 Å². The summed E-state index contributed by atoms with van der Waals surface area (Å²) in [5, 5.41) is 12.2. The molecule has 0 fully saturated rings. The van der Waals surface area contributed by atoms with E-state index in [1.807, 2.05) is 61.5 Å². The van der Waals surface area contributed by atoms with Crippen molar-refractivity contribution in [1.82, 2.24) is 30.0 Å². The predicted octanol–water partition coefficient (Wildman–Crippen LogP) is 2.42. The first-order valence-electron chi connectivity index (χ1n) is 10.5. The minimum atomic E-state index is -0.355. The van der Waals surface area contributed by atoms with Gasteiger partial charge in [-0.15, -0.1) is 5.10 Å². The van der Waals surface area contributed by atoms with Crippen LogP contribution in [0.2, 0.25) is 0 Å². The van der Waals surface area contributed by atoms with Gasteiger partial charge in [-0.3, -0.25) is 9.59 Å². The van der Waals surface area contributed by atoms with Crippen LogP contribution in [0.3, 0.4) is 0 Å². The smallest absolute Gasteiger partial charge is 0.281 e. The average molecular weight is 443 g/mol. The first-order chi connectivity index (χ1) is 16.0. The van der Waals surface area contributed by atoms with Gasteiger partial charge in [-0.05, 0) is 24.6 Å². The molecule has 5 rings (SSSR count). The lowest BCUT2D eigenvalue weighted by molar-refractivity contribution is -0.119. The van der Waals surface area contributed by atoms with Crippen molar-refractivity contribution < 1.29 is 14.1 Å². The lowest BCUT2D eigenvalue weighted by atomic mass is 10.2. The molecular formula is C23H21N7O3. The van der Waals surface area contributed by atoms with Crippen LogP contribution in [0.4, 0.5) is 5.69 Å². The number of rotatable bonds is 5. The van der Waals surface area contributed by atoms with Gasteiger partial charge in [0.15, 0.2) is 11.4 Å². The van der Waals surface area contributed by atoms with Crippen LogP contribution in [0.5, 0.6) is 0 Å². The summed E-state index contributed by atoms with van der Waals surface area (Å²) in [6.07, 6.45) is 0. The van der Waals surface area contributed by atoms with Crippen LogP contribution in [-0.4, -0.2) is 62.0 Å². The Labute approximate surface area is 189 Å². The van der Waals surface area contributed by atoms with Gasteiger partial charge in [0.05, 0.1) is 6.54 Å². The molecule has 0 saturated heterocycles. The van der Waals surface area contributed by atoms with Crippen molar-refractivity contribution in [2.24, 2.45) is 0 Å². The molecule has 4 aromatic rings. The third-order valence-corrected chi connectivity index (χ3v) is 5.56. The minimum absolute atomic E-state index is 0.0625. The summed E-state index contributed by atoms with van der Waals surface area (Å²) < 4.78 is 6.89. The highest BCUT2D eigenvalue weighted by Gasteiger charge is 2.34. The molecule has 0 N–H and O–H groups in total. The van der Waals surface area contributed by atoms with Crippen molar-refractivity contribution in [2.45, 2.75) is 13.5 Å². The Hall–Kier alpha value is -4.34. The Kier molecular flexibility index (Phi) is 5.17. The second-order valence-corrected chi connectivity index (χ2v) is 7.82. The summed E-state index contributed by atoms with van der Waals surface area (Å²) in [7, 11) is 1.70. The highest BCUT2D eigenvalue weighted by molar-refractivity contribution is 6.02. The van der Waals surface area contributed by atoms with Gasteiger partial charge in [-0.25, -0.2) is 4.68 Å². The van der Waals surface area contributed by atoms with E-state index in [1.54, 1.807) is 11.9 Å². The highest BCUT2D eigenvalue weighted by atomic mass is 16.5. The Morgan fingerprint density at radius 3 is 2.73 bits per heavy atom. The minimum Gasteiger partial charge on any atom is -0.332 e. The molecule has 33 heavy (non-hydrogen) atoms. The number of likely N-dealkylation sites (N-methyl/N-ethyl adjacent to an activating group) is 1. The van der Waals surface area contributed by atoms with Crippen LogP contribution in [-0.2, 0) is 11.3 Å². The zero-order valence-electron chi connectivity index (χ0n) is 18.2. The maximum Gasteiger partial charge on any atom is 0.281 e. The van der Waals surface area contributed by atoms with Crippen LogP contribution in [0.15, 0.2) is 59.1 Å². The van der Waals surface area contributed by atoms with Crippen molar-refractivity contribution in [2.75, 3.05) is 25.0 Å². The second-order valence-electron chi connectivity index (χ2n) is 7.82. The lowest BCUT2D eigenvalue weighted by Gasteiger charge is -2.28. The molecule has 0 radical (unpaired) electrons. The van der Waals surface area contributed by atoms with Crippen molar-refractivity contribution in [3.05, 3.63) is 65.9 Å². The van der Waals surface area contributed by atoms with Crippen molar-refractivity contribution in [1.29, 1.82) is 0 Å². The van der Waals surface area contributed by atoms with Gasteiger partial charge in [0, 0.05) is 24.8 Å². The van der Waals surface area contributed by atoms with E-state index in [-0.39, 0.29) is 35.6 Å². The number of carbonyl (C=O) groups excluding carboxylic acids is 2. The summed E-state index contributed by atoms with van der Waals surface area (Å²) in [6, 6.07) is 17.0. The Morgan fingerprint density at radius 1 is 1.12 bits per heavy atom. The van der Waals surface area contributed by atoms with Gasteiger partial charge in [-0.1, -0.05) is 52.8 Å². The molecular weight excluding hydrogens is 422 g/mol. The van der Waals surface area contributed by atoms with Crippen molar-refractivity contribution in [3.8, 4) is 23.0 Å². The normalized spacial score (nSPS) is 13.2. The molecule has 1 aliphatic heterocycles. The molecule has 0 unspecified atom stereocenters. The molecule has 2 amide bonds. The zero-order chi connectivity index (χ0) is 22.9. The lowest BCUT2D eigenvalue weighted by Crippen LogP contribution is -2.46. The number of carbonyl (C=O) groups is 2. The third kappa shape index (κ3) is 3.86. The molecule has 0 spiro atoms. The van der Waals surface area contributed by atoms with E-state index >= 15 is 0 Å². The first kappa shape index (κ1) is 20.6. The van der Waals surface area contributed by atoms with Crippen molar-refractivity contribution >= 4 is 17.5 Å². The number of nitrogens with zero attached hydrogens (tertiary/aromatic N) is 7. The number of fused-ring (bicyclic) bond motifs is 1. The molecule has 2 aromatic carbocycles. The first-order valence-corrected chi connectivity index (χ1v) is 10.5. The topological polar surface area (TPSA) is 110 Å². The number of benzene rings is 2. The highest BCUT2D eigenvalue weighted by Crippen LogP contribution is 2.26. The fourth-order valence-electron chi connectivity index (χ4n) is 3.72. The Balaban J connectivity index is 1.37. The number of aromatic nitrogens is 5. The molecule has 0 aliphatic carbocycles. The van der Waals surface area contributed by atoms with Gasteiger partial charge in [0.2, 0.25) is 11.7 Å². The molecule has 0 bridgehead atoms. The molecule has 10 heteroatoms. The Bertz CT molecular complexity index is 1330. The molecule has 0 atom stereocenters. The summed E-state index contributed by atoms with van der Waals surface area (Å²) >= 11 is 0. The fourth-order valence-corrected chi connectivity index (χ4v) is 3.72. The van der Waals surface area contributed by atoms with Crippen LogP contribution in [0.25, 0.3) is 23.0 Å². The van der Waals surface area contributed by atoms with Crippen LogP contribution < -0.4 is 4.90 Å². The predicted molar refractivity (Wildman–Crippen MR) is 119 cm³/mol. The maximum absolute atomic E-state index is 13.3. The summed E-state index contributed by atoms with van der Waals surface area (Å²) in [4.78, 5) is 33.6. The number of amides is 2. The van der Waals surface area contributed by atoms with Crippen LogP contribution in [0.1, 0.15) is 16.1 Å². The van der Waals surface area contributed by atoms with Gasteiger partial charge < -0.3 is 14.3 Å². The summed E-state index contributed by atoms with van der Waals surface area (Å²) in [5.41, 5.74) is 3.05. The van der Waals surface area contributed by atoms with E-state index in [9.17, 15) is 9.59 Å². The quantitative estimate of drug-likeness (QED) is 0.466. The third-order valence-electron chi connectivity index (χ3n) is 5.56. The molecule has 1 aliphatic rings. The Morgan fingerprint density at radius 2 is 1.94 bits per heavy atom. The monoisotopic (exact) mass is 443 g/mol. The molecule has 166 valence electrons. The van der Waals surface area contributed by atoms with E-state index in [2.05, 4.69) is 20.5 Å². The largest absolute Gasteiger partial charge is 0.332 e. The van der Waals surface area contributed by atoms with Crippen LogP contribution >= 0.6 is 0 Å².